The van der Waals surface area contributed by atoms with Crippen LogP contribution in [0.5, 0.6) is 0 Å². The van der Waals surface area contributed by atoms with Crippen LogP contribution in [0.4, 0.5) is 8.78 Å². The van der Waals surface area contributed by atoms with Gasteiger partial charge in [0.05, 0.1) is 0 Å². The molecular weight excluding hydrogens is 142 g/mol. The van der Waals surface area contributed by atoms with E-state index in [2.05, 4.69) is 0 Å². The Morgan fingerprint density at radius 1 is 1.50 bits per heavy atom. The zero-order chi connectivity index (χ0) is 7.78. The zero-order valence-electron chi connectivity index (χ0n) is 5.43. The summed E-state index contributed by atoms with van der Waals surface area (Å²) in [4.78, 5) is 0. The molecule has 1 unspecified atom stereocenters. The van der Waals surface area contributed by atoms with Gasteiger partial charge in [-0.2, -0.15) is 0 Å². The average Bonchev–Trinajstić information content (AvgIpc) is 2.10. The molecule has 0 saturated heterocycles. The molecule has 0 aromatic carbocycles. The van der Waals surface area contributed by atoms with Gasteiger partial charge in [0.2, 0.25) is 0 Å². The van der Waals surface area contributed by atoms with E-state index in [-0.39, 0.29) is 19.4 Å². The molecule has 10 heavy (non-hydrogen) atoms. The summed E-state index contributed by atoms with van der Waals surface area (Å²) in [6, 6.07) is 0. The first kappa shape index (κ1) is 7.88. The lowest BCUT2D eigenvalue weighted by atomic mass is 10.1. The van der Waals surface area contributed by atoms with Gasteiger partial charge in [-0.1, -0.05) is 0 Å². The van der Waals surface area contributed by atoms with Crippen LogP contribution < -0.4 is 0 Å². The third kappa shape index (κ3) is 1.13. The second kappa shape index (κ2) is 2.43. The SMILES string of the molecule is OC[C@H]1CCC(F)(F)C1O. The number of aliphatic hydroxyl groups excluding tert-OH is 2. The fourth-order valence-corrected chi connectivity index (χ4v) is 1.22. The van der Waals surface area contributed by atoms with Crippen LogP contribution in [-0.2, 0) is 0 Å². The van der Waals surface area contributed by atoms with Gasteiger partial charge in [-0.25, -0.2) is 8.78 Å². The maximum Gasteiger partial charge on any atom is 0.273 e. The molecule has 2 N–H and O–H groups in total. The minimum absolute atomic E-state index is 0.213. The van der Waals surface area contributed by atoms with Crippen molar-refractivity contribution in [2.75, 3.05) is 6.61 Å². The van der Waals surface area contributed by atoms with E-state index in [4.69, 9.17) is 10.2 Å². The summed E-state index contributed by atoms with van der Waals surface area (Å²) in [6.45, 7) is -0.350. The Labute approximate surface area is 57.5 Å². The monoisotopic (exact) mass is 152 g/mol. The van der Waals surface area contributed by atoms with Gasteiger partial charge in [0, 0.05) is 18.9 Å². The molecule has 1 aliphatic rings. The summed E-state index contributed by atoms with van der Waals surface area (Å²) < 4.78 is 24.8. The van der Waals surface area contributed by atoms with E-state index >= 15 is 0 Å². The molecule has 0 spiro atoms. The third-order valence-corrected chi connectivity index (χ3v) is 1.96. The Balaban J connectivity index is 2.58. The van der Waals surface area contributed by atoms with Gasteiger partial charge in [-0.15, -0.1) is 0 Å². The molecule has 0 aliphatic heterocycles. The quantitative estimate of drug-likeness (QED) is 0.570. The molecule has 2 atom stereocenters. The molecule has 1 fully saturated rings. The number of hydrogen-bond donors (Lipinski definition) is 2. The highest BCUT2D eigenvalue weighted by Crippen LogP contribution is 2.38. The van der Waals surface area contributed by atoms with Crippen molar-refractivity contribution in [3.63, 3.8) is 0 Å². The summed E-state index contributed by atoms with van der Waals surface area (Å²) in [5.74, 6) is -3.61. The molecule has 0 aromatic rings. The van der Waals surface area contributed by atoms with Gasteiger partial charge < -0.3 is 10.2 Å². The topological polar surface area (TPSA) is 40.5 Å². The number of aliphatic hydroxyl groups is 2. The number of hydrogen-bond acceptors (Lipinski definition) is 2. The lowest BCUT2D eigenvalue weighted by Crippen LogP contribution is -2.32. The largest absolute Gasteiger partial charge is 0.396 e. The summed E-state index contributed by atoms with van der Waals surface area (Å²) in [5, 5.41) is 17.3. The number of rotatable bonds is 1. The van der Waals surface area contributed by atoms with Crippen molar-refractivity contribution in [1.82, 2.24) is 0 Å². The fourth-order valence-electron chi connectivity index (χ4n) is 1.22. The van der Waals surface area contributed by atoms with E-state index < -0.39 is 17.9 Å². The van der Waals surface area contributed by atoms with Crippen LogP contribution >= 0.6 is 0 Å². The maximum atomic E-state index is 12.4. The molecular formula is C6H10F2O2. The van der Waals surface area contributed by atoms with Crippen LogP contribution in [0.15, 0.2) is 0 Å². The Morgan fingerprint density at radius 3 is 2.30 bits per heavy atom. The van der Waals surface area contributed by atoms with E-state index in [0.717, 1.165) is 0 Å². The molecule has 0 radical (unpaired) electrons. The Hall–Kier alpha value is -0.220. The molecule has 0 aromatic heterocycles. The van der Waals surface area contributed by atoms with Crippen molar-refractivity contribution >= 4 is 0 Å². The molecule has 1 saturated carbocycles. The minimum atomic E-state index is -2.98. The van der Waals surface area contributed by atoms with Crippen molar-refractivity contribution in [2.24, 2.45) is 5.92 Å². The predicted octanol–water partition coefficient (Wildman–Crippen LogP) is 0.385. The fraction of sp³-hybridized carbons (Fsp3) is 1.00. The van der Waals surface area contributed by atoms with E-state index in [1.165, 1.54) is 0 Å². The Kier molecular flexibility index (Phi) is 1.92. The molecule has 0 bridgehead atoms. The highest BCUT2D eigenvalue weighted by molar-refractivity contribution is 4.90. The number of halogens is 2. The van der Waals surface area contributed by atoms with Crippen LogP contribution in [-0.4, -0.2) is 28.8 Å². The van der Waals surface area contributed by atoms with E-state index in [0.29, 0.717) is 0 Å². The molecule has 0 amide bonds. The van der Waals surface area contributed by atoms with Crippen molar-refractivity contribution in [3.05, 3.63) is 0 Å². The van der Waals surface area contributed by atoms with Crippen molar-refractivity contribution in [1.29, 1.82) is 0 Å². The summed E-state index contributed by atoms with van der Waals surface area (Å²) in [5.41, 5.74) is 0. The van der Waals surface area contributed by atoms with Crippen molar-refractivity contribution in [2.45, 2.75) is 24.9 Å². The molecule has 1 aliphatic carbocycles. The Bertz CT molecular complexity index is 127. The van der Waals surface area contributed by atoms with Gasteiger partial charge in [0.15, 0.2) is 0 Å². The van der Waals surface area contributed by atoms with Crippen LogP contribution in [0.1, 0.15) is 12.8 Å². The first-order valence-corrected chi connectivity index (χ1v) is 3.24. The van der Waals surface area contributed by atoms with Crippen LogP contribution in [0.25, 0.3) is 0 Å². The third-order valence-electron chi connectivity index (χ3n) is 1.96. The number of alkyl halides is 2. The van der Waals surface area contributed by atoms with Gasteiger partial charge in [-0.05, 0) is 6.42 Å². The van der Waals surface area contributed by atoms with Crippen molar-refractivity contribution in [3.8, 4) is 0 Å². The molecule has 0 heterocycles. The van der Waals surface area contributed by atoms with Gasteiger partial charge in [-0.3, -0.25) is 0 Å². The summed E-state index contributed by atoms with van der Waals surface area (Å²) in [7, 11) is 0. The zero-order valence-corrected chi connectivity index (χ0v) is 5.43. The van der Waals surface area contributed by atoms with Crippen LogP contribution in [0.2, 0.25) is 0 Å². The average molecular weight is 152 g/mol. The summed E-state index contributed by atoms with van der Waals surface area (Å²) >= 11 is 0. The lowest BCUT2D eigenvalue weighted by molar-refractivity contribution is -0.103. The smallest absolute Gasteiger partial charge is 0.273 e. The maximum absolute atomic E-state index is 12.4. The molecule has 4 heteroatoms. The van der Waals surface area contributed by atoms with E-state index in [9.17, 15) is 8.78 Å². The standard InChI is InChI=1S/C6H10F2O2/c7-6(8)2-1-4(3-9)5(6)10/h4-5,9-10H,1-3H2/t4-,5?/m1/s1. The van der Waals surface area contributed by atoms with Gasteiger partial charge >= 0.3 is 0 Å². The predicted molar refractivity (Wildman–Crippen MR) is 30.8 cm³/mol. The van der Waals surface area contributed by atoms with E-state index in [1.54, 1.807) is 0 Å². The second-order valence-corrected chi connectivity index (χ2v) is 2.69. The van der Waals surface area contributed by atoms with E-state index in [1.807, 2.05) is 0 Å². The normalized spacial score (nSPS) is 38.4. The van der Waals surface area contributed by atoms with Gasteiger partial charge in [0.25, 0.3) is 5.92 Å². The lowest BCUT2D eigenvalue weighted by Gasteiger charge is -2.16. The highest BCUT2D eigenvalue weighted by atomic mass is 19.3. The second-order valence-electron chi connectivity index (χ2n) is 2.69. The highest BCUT2D eigenvalue weighted by Gasteiger charge is 2.48. The first-order valence-electron chi connectivity index (χ1n) is 3.24. The van der Waals surface area contributed by atoms with Crippen LogP contribution in [0.3, 0.4) is 0 Å². The Morgan fingerprint density at radius 2 is 2.10 bits per heavy atom. The summed E-state index contributed by atoms with van der Waals surface area (Å²) in [6.07, 6.45) is -1.73. The molecule has 60 valence electrons. The van der Waals surface area contributed by atoms with Crippen LogP contribution in [0, 0.1) is 5.92 Å². The molecule has 2 nitrogen and oxygen atoms in total. The van der Waals surface area contributed by atoms with Gasteiger partial charge in [0.1, 0.15) is 6.10 Å². The first-order chi connectivity index (χ1) is 4.58. The van der Waals surface area contributed by atoms with Crippen molar-refractivity contribution < 1.29 is 19.0 Å². The minimum Gasteiger partial charge on any atom is -0.396 e. The molecule has 1 rings (SSSR count).